The molecule has 1 aliphatic rings. The van der Waals surface area contributed by atoms with Crippen molar-refractivity contribution >= 4 is 33.0 Å². The van der Waals surface area contributed by atoms with E-state index in [1.165, 1.54) is 72.0 Å². The average Bonchev–Trinajstić information content (AvgIpc) is 3.74. The number of fused-ring (bicyclic) bond motifs is 4. The van der Waals surface area contributed by atoms with E-state index in [1.807, 2.05) is 0 Å². The lowest BCUT2D eigenvalue weighted by Crippen LogP contribution is -2.21. The van der Waals surface area contributed by atoms with E-state index in [0.29, 0.717) is 0 Å². The molecule has 0 aliphatic heterocycles. The molecule has 2 heteroatoms. The SMILES string of the molecule is CCn1c2ccccc2c2cc(-n3cc4c(c3)C(c3ccccc3)C(c3ccccc3)C(c3ccccc3)=C4c3ccccc3)ccc21. The predicted octanol–water partition coefficient (Wildman–Crippen LogP) is 11.5. The molecule has 0 fully saturated rings. The molecular formula is C46H36N2. The van der Waals surface area contributed by atoms with Crippen molar-refractivity contribution in [1.82, 2.24) is 9.13 Å². The van der Waals surface area contributed by atoms with Crippen LogP contribution in [-0.2, 0) is 6.54 Å². The lowest BCUT2D eigenvalue weighted by molar-refractivity contribution is 0.720. The van der Waals surface area contributed by atoms with Crippen molar-refractivity contribution in [3.63, 3.8) is 0 Å². The van der Waals surface area contributed by atoms with Crippen molar-refractivity contribution in [2.24, 2.45) is 0 Å². The maximum Gasteiger partial charge on any atom is 0.0492 e. The fourth-order valence-corrected chi connectivity index (χ4v) is 8.18. The molecule has 2 aromatic heterocycles. The van der Waals surface area contributed by atoms with E-state index in [2.05, 4.69) is 192 Å². The van der Waals surface area contributed by atoms with Crippen LogP contribution < -0.4 is 0 Å². The van der Waals surface area contributed by atoms with Gasteiger partial charge in [0.1, 0.15) is 0 Å². The number of rotatable bonds is 6. The molecule has 2 nitrogen and oxygen atoms in total. The third-order valence-electron chi connectivity index (χ3n) is 10.2. The summed E-state index contributed by atoms with van der Waals surface area (Å²) in [4.78, 5) is 0. The first-order valence-electron chi connectivity index (χ1n) is 17.0. The van der Waals surface area contributed by atoms with Gasteiger partial charge in [0.15, 0.2) is 0 Å². The van der Waals surface area contributed by atoms with E-state index in [-0.39, 0.29) is 11.8 Å². The van der Waals surface area contributed by atoms with Gasteiger partial charge in [-0.25, -0.2) is 0 Å². The topological polar surface area (TPSA) is 9.86 Å². The molecule has 2 heterocycles. The lowest BCUT2D eigenvalue weighted by atomic mass is 9.65. The highest BCUT2D eigenvalue weighted by molar-refractivity contribution is 6.09. The summed E-state index contributed by atoms with van der Waals surface area (Å²) in [6.07, 6.45) is 4.80. The number of benzene rings is 6. The van der Waals surface area contributed by atoms with Crippen LogP contribution in [0.3, 0.4) is 0 Å². The normalized spacial score (nSPS) is 16.0. The maximum atomic E-state index is 2.42. The maximum absolute atomic E-state index is 2.42. The second kappa shape index (κ2) is 11.7. The van der Waals surface area contributed by atoms with Gasteiger partial charge in [-0.2, -0.15) is 0 Å². The van der Waals surface area contributed by atoms with Gasteiger partial charge in [-0.1, -0.05) is 140 Å². The number of allylic oxidation sites excluding steroid dienone is 1. The van der Waals surface area contributed by atoms with Crippen LogP contribution in [0.5, 0.6) is 0 Å². The van der Waals surface area contributed by atoms with Crippen LogP contribution in [0.4, 0.5) is 0 Å². The number of hydrogen-bond acceptors (Lipinski definition) is 0. The first kappa shape index (κ1) is 28.4. The molecule has 0 radical (unpaired) electrons. The minimum atomic E-state index is 0.111. The van der Waals surface area contributed by atoms with Crippen molar-refractivity contribution in [2.75, 3.05) is 0 Å². The number of para-hydroxylation sites is 1. The van der Waals surface area contributed by atoms with Crippen LogP contribution >= 0.6 is 0 Å². The molecule has 1 aliphatic carbocycles. The zero-order chi connectivity index (χ0) is 32.0. The van der Waals surface area contributed by atoms with Crippen molar-refractivity contribution < 1.29 is 0 Å². The van der Waals surface area contributed by atoms with E-state index in [1.54, 1.807) is 0 Å². The third kappa shape index (κ3) is 4.56. The van der Waals surface area contributed by atoms with Gasteiger partial charge in [0, 0.05) is 63.8 Å². The highest BCUT2D eigenvalue weighted by Gasteiger charge is 2.39. The Hall–Kier alpha value is -5.86. The summed E-state index contributed by atoms with van der Waals surface area (Å²) in [5, 5.41) is 2.60. The van der Waals surface area contributed by atoms with Gasteiger partial charge in [-0.05, 0) is 70.2 Å². The molecule has 48 heavy (non-hydrogen) atoms. The molecule has 8 aromatic rings. The Labute approximate surface area is 281 Å². The van der Waals surface area contributed by atoms with Crippen LogP contribution in [-0.4, -0.2) is 9.13 Å². The van der Waals surface area contributed by atoms with Gasteiger partial charge in [0.05, 0.1) is 0 Å². The quantitative estimate of drug-likeness (QED) is 0.176. The molecule has 0 bridgehead atoms. The Morgan fingerprint density at radius 3 is 1.73 bits per heavy atom. The van der Waals surface area contributed by atoms with Gasteiger partial charge in [-0.15, -0.1) is 0 Å². The average molecular weight is 617 g/mol. The van der Waals surface area contributed by atoms with Crippen LogP contribution in [0.15, 0.2) is 176 Å². The van der Waals surface area contributed by atoms with E-state index in [4.69, 9.17) is 0 Å². The predicted molar refractivity (Wildman–Crippen MR) is 201 cm³/mol. The summed E-state index contributed by atoms with van der Waals surface area (Å²) in [6, 6.07) is 60.0. The standard InChI is InChI=1S/C46H36N2/c1-2-48-41-26-16-15-25-37(41)38-29-36(27-28-42(38)48)47-30-39-40(31-47)44(33-19-9-4-10-20-33)46(35-23-13-6-14-24-35)45(34-21-11-5-12-22-34)43(39)32-17-7-3-8-18-32/h3-31,43,45H,2H2,1H3. The van der Waals surface area contributed by atoms with Crippen molar-refractivity contribution in [1.29, 1.82) is 0 Å². The summed E-state index contributed by atoms with van der Waals surface area (Å²) < 4.78 is 4.80. The summed E-state index contributed by atoms with van der Waals surface area (Å²) in [5.41, 5.74) is 14.2. The second-order valence-corrected chi connectivity index (χ2v) is 12.8. The van der Waals surface area contributed by atoms with Gasteiger partial charge < -0.3 is 9.13 Å². The van der Waals surface area contributed by atoms with E-state index >= 15 is 0 Å². The van der Waals surface area contributed by atoms with E-state index in [0.717, 1.165) is 6.54 Å². The Kier molecular flexibility index (Phi) is 6.94. The van der Waals surface area contributed by atoms with Gasteiger partial charge in [0.25, 0.3) is 0 Å². The van der Waals surface area contributed by atoms with Gasteiger partial charge >= 0.3 is 0 Å². The minimum absolute atomic E-state index is 0.111. The number of hydrogen-bond donors (Lipinski definition) is 0. The lowest BCUT2D eigenvalue weighted by Gasteiger charge is -2.37. The fraction of sp³-hybridized carbons (Fsp3) is 0.0870. The Morgan fingerprint density at radius 2 is 1.06 bits per heavy atom. The number of nitrogens with zero attached hydrogens (tertiary/aromatic N) is 2. The second-order valence-electron chi connectivity index (χ2n) is 12.8. The van der Waals surface area contributed by atoms with Crippen LogP contribution in [0.1, 0.15) is 52.1 Å². The smallest absolute Gasteiger partial charge is 0.0492 e. The summed E-state index contributed by atoms with van der Waals surface area (Å²) in [5.74, 6) is 0.234. The Bertz CT molecular complexity index is 2410. The summed E-state index contributed by atoms with van der Waals surface area (Å²) in [7, 11) is 0. The molecule has 230 valence electrons. The van der Waals surface area contributed by atoms with Crippen molar-refractivity contribution in [3.05, 3.63) is 210 Å². The number of aryl methyl sites for hydroxylation is 1. The van der Waals surface area contributed by atoms with Crippen LogP contribution in [0.2, 0.25) is 0 Å². The zero-order valence-corrected chi connectivity index (χ0v) is 27.0. The zero-order valence-electron chi connectivity index (χ0n) is 27.0. The molecule has 9 rings (SSSR count). The first-order chi connectivity index (χ1) is 23.8. The first-order valence-corrected chi connectivity index (χ1v) is 17.0. The molecule has 0 N–H and O–H groups in total. The molecule has 0 saturated heterocycles. The molecule has 0 spiro atoms. The molecule has 6 aromatic carbocycles. The monoisotopic (exact) mass is 616 g/mol. The number of aromatic nitrogens is 2. The van der Waals surface area contributed by atoms with Crippen molar-refractivity contribution in [3.8, 4) is 5.69 Å². The molecular weight excluding hydrogens is 581 g/mol. The van der Waals surface area contributed by atoms with Gasteiger partial charge in [-0.3, -0.25) is 0 Å². The highest BCUT2D eigenvalue weighted by atomic mass is 15.0. The minimum Gasteiger partial charge on any atom is -0.341 e. The molecule has 2 atom stereocenters. The summed E-state index contributed by atoms with van der Waals surface area (Å²) in [6.45, 7) is 3.17. The molecule has 0 amide bonds. The van der Waals surface area contributed by atoms with Crippen LogP contribution in [0.25, 0.3) is 38.6 Å². The summed E-state index contributed by atoms with van der Waals surface area (Å²) >= 11 is 0. The van der Waals surface area contributed by atoms with Crippen molar-refractivity contribution in [2.45, 2.75) is 25.3 Å². The van der Waals surface area contributed by atoms with E-state index in [9.17, 15) is 0 Å². The van der Waals surface area contributed by atoms with Gasteiger partial charge in [0.2, 0.25) is 0 Å². The van der Waals surface area contributed by atoms with E-state index < -0.39 is 0 Å². The molecule has 2 unspecified atom stereocenters. The fourth-order valence-electron chi connectivity index (χ4n) is 8.18. The molecule has 0 saturated carbocycles. The Balaban J connectivity index is 1.36. The third-order valence-corrected chi connectivity index (χ3v) is 10.2. The van der Waals surface area contributed by atoms with Crippen LogP contribution in [0, 0.1) is 0 Å². The highest BCUT2D eigenvalue weighted by Crippen LogP contribution is 2.56. The Morgan fingerprint density at radius 1 is 0.500 bits per heavy atom. The largest absolute Gasteiger partial charge is 0.341 e.